The molecule has 5 nitrogen and oxygen atoms in total. The van der Waals surface area contributed by atoms with E-state index in [1.54, 1.807) is 16.7 Å². The summed E-state index contributed by atoms with van der Waals surface area (Å²) in [5.74, 6) is -0.752. The molecule has 0 saturated carbocycles. The largest absolute Gasteiger partial charge is 0.481 e. The number of rotatable bonds is 4. The first-order valence-corrected chi connectivity index (χ1v) is 9.65. The van der Waals surface area contributed by atoms with E-state index in [2.05, 4.69) is 5.32 Å². The van der Waals surface area contributed by atoms with Gasteiger partial charge in [-0.15, -0.1) is 11.8 Å². The van der Waals surface area contributed by atoms with Gasteiger partial charge < -0.3 is 15.3 Å². The normalized spacial score (nSPS) is 26.7. The van der Waals surface area contributed by atoms with Crippen molar-refractivity contribution in [2.24, 2.45) is 5.41 Å². The topological polar surface area (TPSA) is 69.6 Å². The lowest BCUT2D eigenvalue weighted by atomic mass is 9.70. The van der Waals surface area contributed by atoms with Crippen LogP contribution in [0.4, 0.5) is 0 Å². The van der Waals surface area contributed by atoms with Gasteiger partial charge >= 0.3 is 5.97 Å². The van der Waals surface area contributed by atoms with Crippen LogP contribution in [-0.4, -0.2) is 53.8 Å². The van der Waals surface area contributed by atoms with E-state index in [0.717, 1.165) is 18.5 Å². The van der Waals surface area contributed by atoms with E-state index in [9.17, 15) is 14.7 Å². The van der Waals surface area contributed by atoms with E-state index in [0.29, 0.717) is 32.4 Å². The molecule has 130 valence electrons. The molecular formula is C18H24N2O3S. The number of carbonyl (C=O) groups is 2. The lowest BCUT2D eigenvalue weighted by molar-refractivity contribution is -0.159. The van der Waals surface area contributed by atoms with Gasteiger partial charge in [0.1, 0.15) is 5.41 Å². The lowest BCUT2D eigenvalue weighted by Gasteiger charge is -2.48. The molecule has 0 aromatic heterocycles. The van der Waals surface area contributed by atoms with Crippen LogP contribution in [0.2, 0.25) is 0 Å². The Kier molecular flexibility index (Phi) is 5.15. The van der Waals surface area contributed by atoms with Crippen LogP contribution >= 0.6 is 11.8 Å². The molecule has 1 aromatic rings. The number of carboxylic acid groups (broad SMARTS) is 1. The third-order valence-corrected chi connectivity index (χ3v) is 6.05. The van der Waals surface area contributed by atoms with Crippen LogP contribution in [0.3, 0.4) is 0 Å². The zero-order valence-corrected chi connectivity index (χ0v) is 14.8. The van der Waals surface area contributed by atoms with Crippen LogP contribution in [-0.2, 0) is 16.0 Å². The highest BCUT2D eigenvalue weighted by atomic mass is 32.2. The minimum Gasteiger partial charge on any atom is -0.481 e. The maximum absolute atomic E-state index is 12.7. The van der Waals surface area contributed by atoms with Crippen LogP contribution < -0.4 is 5.32 Å². The van der Waals surface area contributed by atoms with E-state index in [1.807, 2.05) is 30.5 Å². The number of carboxylic acids is 1. The molecule has 2 saturated heterocycles. The molecule has 2 fully saturated rings. The van der Waals surface area contributed by atoms with Gasteiger partial charge in [-0.3, -0.25) is 9.59 Å². The molecule has 0 bridgehead atoms. The molecule has 3 rings (SSSR count). The molecule has 2 aliphatic heterocycles. The predicted octanol–water partition coefficient (Wildman–Crippen LogP) is 2.01. The number of benzene rings is 1. The summed E-state index contributed by atoms with van der Waals surface area (Å²) in [4.78, 5) is 27.5. The van der Waals surface area contributed by atoms with Crippen molar-refractivity contribution in [2.75, 3.05) is 25.9 Å². The molecule has 0 spiro atoms. The lowest BCUT2D eigenvalue weighted by Crippen LogP contribution is -2.63. The fraction of sp³-hybridized carbons (Fsp3) is 0.556. The first-order chi connectivity index (χ1) is 11.5. The molecule has 2 N–H and O–H groups in total. The predicted molar refractivity (Wildman–Crippen MR) is 94.2 cm³/mol. The monoisotopic (exact) mass is 348 g/mol. The molecule has 0 aliphatic carbocycles. The van der Waals surface area contributed by atoms with Crippen LogP contribution in [0.15, 0.2) is 29.2 Å². The molecule has 0 unspecified atom stereocenters. The molecule has 2 heterocycles. The van der Waals surface area contributed by atoms with Crippen molar-refractivity contribution >= 4 is 23.6 Å². The molecule has 24 heavy (non-hydrogen) atoms. The van der Waals surface area contributed by atoms with E-state index < -0.39 is 11.4 Å². The van der Waals surface area contributed by atoms with Crippen LogP contribution in [0, 0.1) is 5.41 Å². The van der Waals surface area contributed by atoms with Gasteiger partial charge in [0.05, 0.1) is 6.42 Å². The van der Waals surface area contributed by atoms with Crippen LogP contribution in [0.1, 0.15) is 24.8 Å². The van der Waals surface area contributed by atoms with Crippen molar-refractivity contribution < 1.29 is 14.7 Å². The number of piperidine rings is 2. The Labute approximate surface area is 146 Å². The zero-order chi connectivity index (χ0) is 17.2. The van der Waals surface area contributed by atoms with Crippen molar-refractivity contribution in [3.63, 3.8) is 0 Å². The van der Waals surface area contributed by atoms with E-state index in [-0.39, 0.29) is 11.9 Å². The molecular weight excluding hydrogens is 324 g/mol. The Morgan fingerprint density at radius 2 is 2.12 bits per heavy atom. The number of carbonyl (C=O) groups excluding carboxylic acids is 1. The highest BCUT2D eigenvalue weighted by molar-refractivity contribution is 7.98. The Bertz CT molecular complexity index is 619. The molecule has 6 heteroatoms. The molecule has 0 radical (unpaired) electrons. The minimum absolute atomic E-state index is 0.0198. The van der Waals surface area contributed by atoms with Crippen LogP contribution in [0.25, 0.3) is 0 Å². The second-order valence-electron chi connectivity index (χ2n) is 6.70. The summed E-state index contributed by atoms with van der Waals surface area (Å²) < 4.78 is 0. The second-order valence-corrected chi connectivity index (χ2v) is 7.58. The Morgan fingerprint density at radius 3 is 2.79 bits per heavy atom. The van der Waals surface area contributed by atoms with Gasteiger partial charge in [0.15, 0.2) is 0 Å². The molecule has 1 aromatic carbocycles. The average molecular weight is 348 g/mol. The van der Waals surface area contributed by atoms with Crippen molar-refractivity contribution in [2.45, 2.75) is 36.6 Å². The third kappa shape index (κ3) is 3.30. The van der Waals surface area contributed by atoms with Gasteiger partial charge in [0.25, 0.3) is 0 Å². The van der Waals surface area contributed by atoms with Crippen molar-refractivity contribution in [3.8, 4) is 0 Å². The second kappa shape index (κ2) is 7.15. The van der Waals surface area contributed by atoms with Gasteiger partial charge in [-0.2, -0.15) is 0 Å². The maximum atomic E-state index is 12.7. The van der Waals surface area contributed by atoms with Gasteiger partial charge in [-0.25, -0.2) is 0 Å². The standard InChI is InChI=1S/C18H24N2O3S/c1-24-14-5-3-13(4-6-14)11-16(21)20-10-7-15-18(12-20,17(22)23)8-2-9-19-15/h3-6,15,19H,2,7-12H2,1H3,(H,22,23)/t15-,18+/m1/s1. The minimum atomic E-state index is -0.825. The molecule has 2 atom stereocenters. The highest BCUT2D eigenvalue weighted by Crippen LogP contribution is 2.38. The van der Waals surface area contributed by atoms with Crippen LogP contribution in [0.5, 0.6) is 0 Å². The maximum Gasteiger partial charge on any atom is 0.313 e. The number of amides is 1. The van der Waals surface area contributed by atoms with Crippen molar-refractivity contribution in [3.05, 3.63) is 29.8 Å². The fourth-order valence-corrected chi connectivity index (χ4v) is 4.30. The first-order valence-electron chi connectivity index (χ1n) is 8.43. The number of hydrogen-bond donors (Lipinski definition) is 2. The summed E-state index contributed by atoms with van der Waals surface area (Å²) in [7, 11) is 0. The third-order valence-electron chi connectivity index (χ3n) is 5.31. The smallest absolute Gasteiger partial charge is 0.313 e. The quantitative estimate of drug-likeness (QED) is 0.815. The van der Waals surface area contributed by atoms with Gasteiger partial charge in [-0.05, 0) is 49.8 Å². The van der Waals surface area contributed by atoms with Gasteiger partial charge in [0, 0.05) is 24.0 Å². The Morgan fingerprint density at radius 1 is 1.38 bits per heavy atom. The van der Waals surface area contributed by atoms with Crippen molar-refractivity contribution in [1.82, 2.24) is 10.2 Å². The van der Waals surface area contributed by atoms with E-state index >= 15 is 0 Å². The summed E-state index contributed by atoms with van der Waals surface area (Å²) in [5.41, 5.74) is 0.153. The van der Waals surface area contributed by atoms with Crippen molar-refractivity contribution in [1.29, 1.82) is 0 Å². The summed E-state index contributed by atoms with van der Waals surface area (Å²) in [6.45, 7) is 1.82. The number of nitrogens with one attached hydrogen (secondary N) is 1. The fourth-order valence-electron chi connectivity index (χ4n) is 3.89. The molecule has 2 aliphatic rings. The highest BCUT2D eigenvalue weighted by Gasteiger charge is 2.51. The number of hydrogen-bond acceptors (Lipinski definition) is 4. The first kappa shape index (κ1) is 17.3. The number of fused-ring (bicyclic) bond motifs is 1. The Balaban J connectivity index is 1.70. The van der Waals surface area contributed by atoms with E-state index in [4.69, 9.17) is 0 Å². The van der Waals surface area contributed by atoms with E-state index in [1.165, 1.54) is 4.90 Å². The van der Waals surface area contributed by atoms with Gasteiger partial charge in [-0.1, -0.05) is 12.1 Å². The average Bonchev–Trinajstić information content (AvgIpc) is 2.61. The number of nitrogens with zero attached hydrogens (tertiary/aromatic N) is 1. The Hall–Kier alpha value is -1.53. The summed E-state index contributed by atoms with van der Waals surface area (Å²) in [5, 5.41) is 13.1. The number of aliphatic carboxylic acids is 1. The SMILES string of the molecule is CSc1ccc(CC(=O)N2CC[C@H]3NCCC[C@]3(C(=O)O)C2)cc1. The summed E-state index contributed by atoms with van der Waals surface area (Å²) in [6, 6.07) is 7.97. The van der Waals surface area contributed by atoms with Gasteiger partial charge in [0.2, 0.25) is 5.91 Å². The zero-order valence-electron chi connectivity index (χ0n) is 14.0. The molecule has 1 amide bonds. The number of thioether (sulfide) groups is 1. The summed E-state index contributed by atoms with van der Waals surface area (Å²) >= 11 is 1.67. The number of likely N-dealkylation sites (tertiary alicyclic amines) is 1. The summed E-state index contributed by atoms with van der Waals surface area (Å²) in [6.07, 6.45) is 4.56.